The zero-order valence-electron chi connectivity index (χ0n) is 81.4. The first-order valence-electron chi connectivity index (χ1n) is 46.9. The quantitative estimate of drug-likeness (QED) is 0.0153. The zero-order valence-corrected chi connectivity index (χ0v) is 86.3. The molecule has 0 spiro atoms. The minimum atomic E-state index is -1.94. The van der Waals surface area contributed by atoms with Crippen molar-refractivity contribution in [2.45, 2.75) is 255 Å². The van der Waals surface area contributed by atoms with Gasteiger partial charge in [-0.15, -0.1) is 0 Å². The number of benzene rings is 1. The Morgan fingerprint density at radius 1 is 0.322 bits per heavy atom. The maximum absolute atomic E-state index is 15.8. The Morgan fingerprint density at radius 3 is 0.902 bits per heavy atom. The van der Waals surface area contributed by atoms with E-state index in [2.05, 4.69) is 122 Å². The number of guanidine groups is 5. The highest BCUT2D eigenvalue weighted by molar-refractivity contribution is 8.77. The smallest absolute Gasteiger partial charge is 0.245 e. The number of nitrogens with one attached hydrogen (secondary N) is 28. The number of hydrogen-bond donors (Lipinski definition) is 34. The Bertz CT molecular complexity index is 4580. The van der Waals surface area contributed by atoms with Crippen LogP contribution in [0.15, 0.2) is 30.3 Å². The van der Waals surface area contributed by atoms with Gasteiger partial charge >= 0.3 is 0 Å². The molecule has 58 heteroatoms. The van der Waals surface area contributed by atoms with Crippen molar-refractivity contribution in [1.82, 2.24) is 122 Å². The Morgan fingerprint density at radius 2 is 0.573 bits per heavy atom. The summed E-state index contributed by atoms with van der Waals surface area (Å²) in [7, 11) is 4.85. The second-order valence-electron chi connectivity index (χ2n) is 35.6. The van der Waals surface area contributed by atoms with Crippen molar-refractivity contribution in [3.8, 4) is 0 Å². The van der Waals surface area contributed by atoms with Crippen LogP contribution in [0.5, 0.6) is 0 Å². The summed E-state index contributed by atoms with van der Waals surface area (Å²) in [4.78, 5) is 274. The Labute approximate surface area is 853 Å². The fourth-order valence-electron chi connectivity index (χ4n) is 14.5. The summed E-state index contributed by atoms with van der Waals surface area (Å²) >= 11 is 0. The van der Waals surface area contributed by atoms with Crippen molar-refractivity contribution >= 4 is 201 Å². The van der Waals surface area contributed by atoms with Crippen LogP contribution in [0.4, 0.5) is 0 Å². The molecule has 143 heavy (non-hydrogen) atoms. The van der Waals surface area contributed by atoms with Crippen LogP contribution in [0.2, 0.25) is 0 Å². The van der Waals surface area contributed by atoms with E-state index in [1.165, 1.54) is 0 Å². The van der Waals surface area contributed by atoms with E-state index >= 15 is 62.3 Å². The summed E-state index contributed by atoms with van der Waals surface area (Å²) in [6.07, 6.45) is -3.61. The van der Waals surface area contributed by atoms with Gasteiger partial charge in [0.2, 0.25) is 106 Å². The van der Waals surface area contributed by atoms with Crippen LogP contribution in [0.3, 0.4) is 0 Å². The summed E-state index contributed by atoms with van der Waals surface area (Å²) in [5.74, 6) is -27.2. The molecule has 52 nitrogen and oxygen atoms in total. The van der Waals surface area contributed by atoms with Gasteiger partial charge in [0.25, 0.3) is 0 Å². The highest BCUT2D eigenvalue weighted by atomic mass is 33.1. The molecule has 18 amide bonds. The first-order valence-corrected chi connectivity index (χ1v) is 54.4. The van der Waals surface area contributed by atoms with Crippen LogP contribution in [-0.2, 0) is 92.7 Å². The molecule has 4 heterocycles. The van der Waals surface area contributed by atoms with Crippen molar-refractivity contribution in [2.24, 2.45) is 52.3 Å². The standard InChI is InChI=1S/C85H143N33O19S6/c1-10-43(8)62-79(136)114-58-39-143-139-35-54(112-70(127)52(32-45-19-12-11-13-20-45)102-59(120)33-101-64(121)46(21-14-26-96-81(86)87)107-80(137)63(44(9)119)118-76(58)133)72(129)105-48(23-16-28-98-83(90)91)66(123)109-55-36-140-142-38-57(75(132)117-62)110-67(124)49(24-17-29-99-84(92)93)106-73(130)56-37-141-138-34-53(111-69(126)51(31-40(2)3)108-74(55)131)71(128)104-47(22-15-27-97-82(88)89)65(122)103-50(25-18-30-100-85(94)95)68(125)115-61(42(6)7)78(135)116-60(41(4)5)77(134)113-56/h11-13,19-20,40-44,46-58,60-63,119H,10,14-18,21-39H2,1-9H3,(H,101,121)(H,102,120)(H,103,122)(H,104,128)(H,105,129)(H,106,130)(H,107,137)(H,108,131)(H,109,123)(H,110,124)(H,111,126)(H,112,127)(H,113,134)(H,114,136)(H,115,125)(H,116,135)(H,117,132)(H,118,133)(H4,86,87,96)(H4,88,89,97)(H4,90,91,98)(H4,92,93,99)(H4,94,95,100)/t43-,44+,46-,47-,48-,49-,50-,51-,52-,53-,54-,55-,56-,57-,58-,60-,61-,62-,63-/m0/s1. The van der Waals surface area contributed by atoms with Gasteiger partial charge in [-0.3, -0.25) is 113 Å². The molecule has 19 atom stereocenters. The summed E-state index contributed by atoms with van der Waals surface area (Å²) in [5, 5.41) is 111. The van der Waals surface area contributed by atoms with Gasteiger partial charge in [0.1, 0.15) is 103 Å². The molecule has 1 aromatic carbocycles. The summed E-state index contributed by atoms with van der Waals surface area (Å²) in [6, 6.07) is -20.4. The van der Waals surface area contributed by atoms with Crippen LogP contribution in [0, 0.1) is 50.7 Å². The molecular formula is C85H143N33O19S6. The van der Waals surface area contributed by atoms with Crippen LogP contribution in [0.1, 0.15) is 145 Å². The molecule has 4 saturated heterocycles. The van der Waals surface area contributed by atoms with Gasteiger partial charge in [0.15, 0.2) is 29.8 Å². The lowest BCUT2D eigenvalue weighted by molar-refractivity contribution is -0.137. The summed E-state index contributed by atoms with van der Waals surface area (Å²) < 4.78 is 0. The fourth-order valence-corrected chi connectivity index (χ4v) is 21.5. The van der Waals surface area contributed by atoms with Gasteiger partial charge in [-0.25, -0.2) is 0 Å². The zero-order chi connectivity index (χ0) is 106. The second-order valence-corrected chi connectivity index (χ2v) is 43.2. The normalized spacial score (nSPS) is 26.3. The molecule has 39 N–H and O–H groups in total. The maximum Gasteiger partial charge on any atom is 0.245 e. The molecule has 4 fully saturated rings. The average Bonchev–Trinajstić information content (AvgIpc) is 0.843. The first-order chi connectivity index (χ1) is 67.7. The number of hydrogen-bond acceptors (Lipinski definition) is 30. The number of carbonyl (C=O) groups excluding carboxylic acids is 18. The predicted molar refractivity (Wildman–Crippen MR) is 547 cm³/mol. The van der Waals surface area contributed by atoms with Gasteiger partial charge < -0.3 is 156 Å². The van der Waals surface area contributed by atoms with Crippen molar-refractivity contribution in [3.63, 3.8) is 0 Å². The topological polar surface area (TPSA) is 854 Å². The minimum absolute atomic E-state index is 0.000340. The second kappa shape index (κ2) is 63.3. The largest absolute Gasteiger partial charge is 0.391 e. The van der Waals surface area contributed by atoms with Crippen molar-refractivity contribution in [3.05, 3.63) is 35.9 Å². The van der Waals surface area contributed by atoms with E-state index in [0.29, 0.717) is 5.56 Å². The number of aliphatic hydroxyl groups is 1. The molecule has 5 rings (SSSR count). The van der Waals surface area contributed by atoms with Crippen molar-refractivity contribution < 1.29 is 91.4 Å². The first kappa shape index (κ1) is 122. The molecule has 0 unspecified atom stereocenters. The molecule has 0 aromatic heterocycles. The minimum Gasteiger partial charge on any atom is -0.391 e. The maximum atomic E-state index is 15.8. The number of carbonyl (C=O) groups is 18. The number of aliphatic hydroxyl groups excluding tert-OH is 1. The molecule has 0 saturated carbocycles. The third-order valence-electron chi connectivity index (χ3n) is 22.6. The predicted octanol–water partition coefficient (Wildman–Crippen LogP) is -8.11. The molecule has 1 aromatic rings. The number of amides is 18. The van der Waals surface area contributed by atoms with E-state index < -0.39 is 310 Å². The van der Waals surface area contributed by atoms with E-state index in [1.807, 2.05) is 0 Å². The van der Waals surface area contributed by atoms with Gasteiger partial charge in [-0.05, 0) is 107 Å². The lowest BCUT2D eigenvalue weighted by Crippen LogP contribution is -2.63. The summed E-state index contributed by atoms with van der Waals surface area (Å²) in [6.45, 7) is 12.9. The van der Waals surface area contributed by atoms with E-state index in [4.69, 9.17) is 55.7 Å². The SMILES string of the molecule is CC[C@H](C)[C@@H]1NC(=O)[C@@H]2CSSC[C@H](NC(=O)[C@H](CCCNC(=N)N)NC(=O)[C@@H]3CSSC[C@H](NC1=O)C(=O)N[C@@H]([C@@H](C)O)C(=O)N[C@@H](CCCNC(=N)N)C(=O)NCC(=O)N[C@@H](Cc1ccccc1)C(=O)N3)C(=O)N[C@@H](CC(C)C)C(=O)N[C@H]1CSSC[C@H](NC(=O)[C@H](C(C)C)NC(=O)[C@H](C(C)C)NC(=O)[C@H](CCCNC(=N)N)NC(=O)[C@H](CCCNC(=N)N)NC1=O)C(=O)N[C@@H](CCCNC(=N)N)C(=O)N2. The van der Waals surface area contributed by atoms with Crippen LogP contribution in [-0.4, -0.2) is 324 Å². The third kappa shape index (κ3) is 44.5. The molecule has 0 aliphatic carbocycles. The van der Waals surface area contributed by atoms with Crippen LogP contribution in [0.25, 0.3) is 0 Å². The van der Waals surface area contributed by atoms with Gasteiger partial charge in [-0.2, -0.15) is 0 Å². The van der Waals surface area contributed by atoms with Gasteiger partial charge in [0.05, 0.1) is 12.6 Å². The Balaban J connectivity index is 1.88. The molecule has 4 aliphatic rings. The average molecular weight is 2120 g/mol. The van der Waals surface area contributed by atoms with Crippen LogP contribution < -0.4 is 151 Å². The van der Waals surface area contributed by atoms with E-state index in [1.54, 1.807) is 85.7 Å². The molecule has 6 bridgehead atoms. The highest BCUT2D eigenvalue weighted by Crippen LogP contribution is 2.29. The highest BCUT2D eigenvalue weighted by Gasteiger charge is 2.43. The van der Waals surface area contributed by atoms with Crippen molar-refractivity contribution in [1.29, 1.82) is 27.0 Å². The number of nitrogens with two attached hydrogens (primary N) is 5. The Kier molecular flexibility index (Phi) is 53.8. The summed E-state index contributed by atoms with van der Waals surface area (Å²) in [5.41, 5.74) is 28.7. The monoisotopic (exact) mass is 2120 g/mol. The fraction of sp³-hybridized carbons (Fsp3) is 0.659. The van der Waals surface area contributed by atoms with Crippen molar-refractivity contribution in [2.75, 3.05) is 73.8 Å². The number of fused-ring (bicyclic) bond motifs is 15. The molecule has 4 aliphatic heterocycles. The van der Waals surface area contributed by atoms with Gasteiger partial charge in [0, 0.05) is 73.7 Å². The third-order valence-corrected chi connectivity index (χ3v) is 29.9. The number of rotatable bonds is 29. The molecule has 798 valence electrons. The van der Waals surface area contributed by atoms with E-state index in [9.17, 15) is 29.1 Å². The lowest BCUT2D eigenvalue weighted by Gasteiger charge is -2.31. The van der Waals surface area contributed by atoms with E-state index in [-0.39, 0.29) is 116 Å². The van der Waals surface area contributed by atoms with Gasteiger partial charge in [-0.1, -0.05) is 157 Å². The van der Waals surface area contributed by atoms with Crippen LogP contribution >= 0.6 is 64.8 Å². The van der Waals surface area contributed by atoms with E-state index in [0.717, 1.165) is 71.7 Å². The Hall–Kier alpha value is -11.9. The lowest BCUT2D eigenvalue weighted by atomic mass is 9.97. The molecule has 0 radical (unpaired) electrons. The molecular weight excluding hydrogens is 1980 g/mol.